The molecule has 0 saturated carbocycles. The number of nitrogens with zero attached hydrogens (tertiary/aromatic N) is 4. The molecule has 2 heterocycles. The van der Waals surface area contributed by atoms with Crippen molar-refractivity contribution in [2.24, 2.45) is 0 Å². The van der Waals surface area contributed by atoms with E-state index in [1.165, 1.54) is 0 Å². The summed E-state index contributed by atoms with van der Waals surface area (Å²) in [6, 6.07) is 1.97. The molecule has 0 amide bonds. The quantitative estimate of drug-likeness (QED) is 0.710. The molecule has 6 heteroatoms. The first kappa shape index (κ1) is 13.9. The Hall–Kier alpha value is -1.53. The van der Waals surface area contributed by atoms with E-state index in [-0.39, 0.29) is 6.04 Å². The van der Waals surface area contributed by atoms with Gasteiger partial charge in [-0.2, -0.15) is 0 Å². The molecule has 2 rings (SSSR count). The maximum absolute atomic E-state index is 10.5. The van der Waals surface area contributed by atoms with Crippen LogP contribution in [0.2, 0.25) is 0 Å². The Morgan fingerprint density at radius 3 is 2.74 bits per heavy atom. The summed E-state index contributed by atoms with van der Waals surface area (Å²) in [5, 5.41) is 0. The highest BCUT2D eigenvalue weighted by atomic mass is 16.5. The van der Waals surface area contributed by atoms with E-state index in [2.05, 4.69) is 26.8 Å². The van der Waals surface area contributed by atoms with Gasteiger partial charge in [-0.15, -0.1) is 0 Å². The molecule has 0 aliphatic carbocycles. The fourth-order valence-corrected chi connectivity index (χ4v) is 2.30. The van der Waals surface area contributed by atoms with E-state index in [4.69, 9.17) is 4.74 Å². The molecule has 0 radical (unpaired) electrons. The number of hydrogen-bond donors (Lipinski definition) is 0. The molecule has 104 valence electrons. The van der Waals surface area contributed by atoms with Crippen molar-refractivity contribution in [2.45, 2.75) is 13.0 Å². The van der Waals surface area contributed by atoms with E-state index in [0.29, 0.717) is 13.1 Å². The van der Waals surface area contributed by atoms with Gasteiger partial charge >= 0.3 is 0 Å². The maximum Gasteiger partial charge on any atom is 0.293 e. The van der Waals surface area contributed by atoms with Gasteiger partial charge in [-0.25, -0.2) is 9.97 Å². The molecule has 1 unspecified atom stereocenters. The largest absolute Gasteiger partial charge is 0.466 e. The second-order valence-electron chi connectivity index (χ2n) is 4.87. The average Bonchev–Trinajstić information content (AvgIpc) is 2.41. The molecule has 1 aromatic rings. The van der Waals surface area contributed by atoms with Crippen LogP contribution in [0.5, 0.6) is 0 Å². The number of carbonyl (C=O) groups excluding carboxylic acids is 1. The summed E-state index contributed by atoms with van der Waals surface area (Å²) in [6.45, 7) is 6.70. The van der Waals surface area contributed by atoms with Crippen LogP contribution >= 0.6 is 0 Å². The lowest BCUT2D eigenvalue weighted by atomic mass is 10.1. The standard InChI is InChI=1S/C13H20N4O2/c1-11-7-12(15-9-14-11)13(8-19-10-18)17-5-3-16(2)4-6-17/h7,9-10,13H,3-6,8H2,1-2H3. The minimum Gasteiger partial charge on any atom is -0.466 e. The van der Waals surface area contributed by atoms with Gasteiger partial charge in [-0.3, -0.25) is 9.69 Å². The molecule has 1 aromatic heterocycles. The number of hydrogen-bond acceptors (Lipinski definition) is 6. The Morgan fingerprint density at radius 1 is 1.37 bits per heavy atom. The summed E-state index contributed by atoms with van der Waals surface area (Å²) >= 11 is 0. The number of carbonyl (C=O) groups is 1. The van der Waals surface area contributed by atoms with E-state index >= 15 is 0 Å². The molecule has 0 N–H and O–H groups in total. The lowest BCUT2D eigenvalue weighted by Gasteiger charge is -2.37. The van der Waals surface area contributed by atoms with Crippen LogP contribution in [-0.2, 0) is 9.53 Å². The molecule has 0 aromatic carbocycles. The van der Waals surface area contributed by atoms with Crippen LogP contribution in [0.15, 0.2) is 12.4 Å². The molecule has 19 heavy (non-hydrogen) atoms. The Balaban J connectivity index is 2.13. The second kappa shape index (κ2) is 6.58. The van der Waals surface area contributed by atoms with E-state index in [0.717, 1.165) is 37.6 Å². The van der Waals surface area contributed by atoms with Crippen LogP contribution in [0, 0.1) is 6.92 Å². The van der Waals surface area contributed by atoms with Gasteiger partial charge in [0.15, 0.2) is 0 Å². The Bertz CT molecular complexity index is 419. The molecule has 0 spiro atoms. The first-order valence-electron chi connectivity index (χ1n) is 6.47. The fraction of sp³-hybridized carbons (Fsp3) is 0.615. The van der Waals surface area contributed by atoms with Gasteiger partial charge in [0.1, 0.15) is 12.9 Å². The smallest absolute Gasteiger partial charge is 0.293 e. The number of aryl methyl sites for hydroxylation is 1. The fourth-order valence-electron chi connectivity index (χ4n) is 2.30. The van der Waals surface area contributed by atoms with Gasteiger partial charge in [0.2, 0.25) is 0 Å². The summed E-state index contributed by atoms with van der Waals surface area (Å²) in [5.41, 5.74) is 1.84. The lowest BCUT2D eigenvalue weighted by molar-refractivity contribution is -0.130. The van der Waals surface area contributed by atoms with Crippen molar-refractivity contribution in [3.63, 3.8) is 0 Å². The Morgan fingerprint density at radius 2 is 2.11 bits per heavy atom. The molecule has 1 fully saturated rings. The van der Waals surface area contributed by atoms with Crippen molar-refractivity contribution in [1.29, 1.82) is 0 Å². The van der Waals surface area contributed by atoms with Crippen LogP contribution < -0.4 is 0 Å². The molecule has 1 aliphatic rings. The SMILES string of the molecule is Cc1cc(C(COC=O)N2CCN(C)CC2)ncn1. The van der Waals surface area contributed by atoms with Crippen molar-refractivity contribution in [3.8, 4) is 0 Å². The molecular weight excluding hydrogens is 244 g/mol. The highest BCUT2D eigenvalue weighted by molar-refractivity contribution is 5.37. The zero-order chi connectivity index (χ0) is 13.7. The molecule has 6 nitrogen and oxygen atoms in total. The van der Waals surface area contributed by atoms with Crippen LogP contribution in [0.25, 0.3) is 0 Å². The third-order valence-electron chi connectivity index (χ3n) is 3.47. The first-order valence-corrected chi connectivity index (χ1v) is 6.47. The lowest BCUT2D eigenvalue weighted by Crippen LogP contribution is -2.47. The van der Waals surface area contributed by atoms with Crippen molar-refractivity contribution < 1.29 is 9.53 Å². The van der Waals surface area contributed by atoms with Crippen molar-refractivity contribution in [3.05, 3.63) is 23.8 Å². The highest BCUT2D eigenvalue weighted by Crippen LogP contribution is 2.20. The third kappa shape index (κ3) is 3.71. The maximum atomic E-state index is 10.5. The molecule has 1 aliphatic heterocycles. The van der Waals surface area contributed by atoms with E-state index in [9.17, 15) is 4.79 Å². The Kier molecular flexibility index (Phi) is 4.81. The highest BCUT2D eigenvalue weighted by Gasteiger charge is 2.25. The summed E-state index contributed by atoms with van der Waals surface area (Å²) in [4.78, 5) is 23.5. The second-order valence-corrected chi connectivity index (χ2v) is 4.87. The minimum atomic E-state index is 0.0144. The van der Waals surface area contributed by atoms with Gasteiger partial charge in [-0.05, 0) is 20.0 Å². The van der Waals surface area contributed by atoms with Gasteiger partial charge < -0.3 is 9.64 Å². The van der Waals surface area contributed by atoms with Gasteiger partial charge in [0.25, 0.3) is 6.47 Å². The van der Waals surface area contributed by atoms with Crippen LogP contribution in [0.3, 0.4) is 0 Å². The molecule has 1 atom stereocenters. The minimum absolute atomic E-state index is 0.0144. The van der Waals surface area contributed by atoms with Crippen LogP contribution in [0.4, 0.5) is 0 Å². The summed E-state index contributed by atoms with van der Waals surface area (Å²) in [6.07, 6.45) is 1.56. The van der Waals surface area contributed by atoms with E-state index < -0.39 is 0 Å². The summed E-state index contributed by atoms with van der Waals surface area (Å²) in [7, 11) is 2.11. The summed E-state index contributed by atoms with van der Waals surface area (Å²) in [5.74, 6) is 0. The zero-order valence-corrected chi connectivity index (χ0v) is 11.5. The number of ether oxygens (including phenoxy) is 1. The van der Waals surface area contributed by atoms with Gasteiger partial charge in [-0.1, -0.05) is 0 Å². The monoisotopic (exact) mass is 264 g/mol. The topological polar surface area (TPSA) is 58.6 Å². The summed E-state index contributed by atoms with van der Waals surface area (Å²) < 4.78 is 4.97. The van der Waals surface area contributed by atoms with Crippen LogP contribution in [0.1, 0.15) is 17.4 Å². The van der Waals surface area contributed by atoms with E-state index in [1.807, 2.05) is 13.0 Å². The molecule has 0 bridgehead atoms. The normalized spacial score (nSPS) is 19.1. The molecular formula is C13H20N4O2. The molecule has 1 saturated heterocycles. The van der Waals surface area contributed by atoms with Crippen molar-refractivity contribution in [2.75, 3.05) is 39.8 Å². The number of likely N-dealkylation sites (N-methyl/N-ethyl adjacent to an activating group) is 1. The van der Waals surface area contributed by atoms with Gasteiger partial charge in [0, 0.05) is 31.9 Å². The third-order valence-corrected chi connectivity index (χ3v) is 3.47. The van der Waals surface area contributed by atoms with Gasteiger partial charge in [0.05, 0.1) is 11.7 Å². The predicted octanol–water partition coefficient (Wildman–Crippen LogP) is 0.247. The van der Waals surface area contributed by atoms with Crippen LogP contribution in [-0.4, -0.2) is 66.1 Å². The number of aromatic nitrogens is 2. The predicted molar refractivity (Wildman–Crippen MR) is 70.6 cm³/mol. The van der Waals surface area contributed by atoms with E-state index in [1.54, 1.807) is 6.33 Å². The first-order chi connectivity index (χ1) is 9.20. The Labute approximate surface area is 113 Å². The number of piperazine rings is 1. The zero-order valence-electron chi connectivity index (χ0n) is 11.5. The van der Waals surface area contributed by atoms with Crippen molar-refractivity contribution in [1.82, 2.24) is 19.8 Å². The average molecular weight is 264 g/mol. The number of rotatable bonds is 5. The van der Waals surface area contributed by atoms with Crippen molar-refractivity contribution >= 4 is 6.47 Å².